The van der Waals surface area contributed by atoms with E-state index in [0.717, 1.165) is 12.1 Å². The van der Waals surface area contributed by atoms with Gasteiger partial charge in [0.15, 0.2) is 5.69 Å². The molecule has 1 aromatic heterocycles. The van der Waals surface area contributed by atoms with Crippen LogP contribution in [-0.4, -0.2) is 14.9 Å². The lowest BCUT2D eigenvalue weighted by molar-refractivity contribution is -0.385. The van der Waals surface area contributed by atoms with Crippen molar-refractivity contribution in [3.8, 4) is 11.3 Å². The topological polar surface area (TPSA) is 94.9 Å². The molecule has 9 heteroatoms. The van der Waals surface area contributed by atoms with Crippen molar-refractivity contribution in [1.29, 1.82) is 0 Å². The Morgan fingerprint density at radius 3 is 2.60 bits per heavy atom. The van der Waals surface area contributed by atoms with E-state index in [0.29, 0.717) is 0 Å². The number of anilines is 1. The second-order valence-electron chi connectivity index (χ2n) is 3.84. The molecule has 2 aromatic rings. The van der Waals surface area contributed by atoms with E-state index in [-0.39, 0.29) is 16.1 Å². The summed E-state index contributed by atoms with van der Waals surface area (Å²) in [6.45, 7) is 1.31. The van der Waals surface area contributed by atoms with Crippen LogP contribution in [-0.2, 0) is 0 Å². The van der Waals surface area contributed by atoms with Crippen LogP contribution in [0.3, 0.4) is 0 Å². The highest BCUT2D eigenvalue weighted by Gasteiger charge is 2.28. The second kappa shape index (κ2) is 5.08. The number of nitrogens with zero attached hydrogens (tertiary/aromatic N) is 3. The Hall–Kier alpha value is -2.16. The van der Waals surface area contributed by atoms with Crippen LogP contribution in [0, 0.1) is 28.7 Å². The first-order valence-electron chi connectivity index (χ1n) is 5.25. The molecule has 2 N–H and O–H groups in total. The van der Waals surface area contributed by atoms with E-state index in [1.54, 1.807) is 0 Å². The van der Waals surface area contributed by atoms with Crippen molar-refractivity contribution in [2.45, 2.75) is 6.92 Å². The van der Waals surface area contributed by atoms with Gasteiger partial charge in [0.25, 0.3) is 0 Å². The van der Waals surface area contributed by atoms with E-state index < -0.39 is 33.5 Å². The molecule has 0 saturated heterocycles. The molecule has 6 nitrogen and oxygen atoms in total. The Kier molecular flexibility index (Phi) is 3.62. The summed E-state index contributed by atoms with van der Waals surface area (Å²) in [5.74, 6) is -2.28. The van der Waals surface area contributed by atoms with Gasteiger partial charge in [-0.2, -0.15) is 0 Å². The van der Waals surface area contributed by atoms with Crippen molar-refractivity contribution in [3.63, 3.8) is 0 Å². The van der Waals surface area contributed by atoms with E-state index in [1.807, 2.05) is 0 Å². The maximum absolute atomic E-state index is 14.0. The smallest absolute Gasteiger partial charge is 0.316 e. The summed E-state index contributed by atoms with van der Waals surface area (Å²) < 4.78 is 27.8. The van der Waals surface area contributed by atoms with Crippen LogP contribution in [0.1, 0.15) is 5.69 Å². The molecule has 0 amide bonds. The van der Waals surface area contributed by atoms with Crippen LogP contribution in [0.4, 0.5) is 20.4 Å². The van der Waals surface area contributed by atoms with Gasteiger partial charge >= 0.3 is 5.69 Å². The highest BCUT2D eigenvalue weighted by atomic mass is 79.9. The molecule has 0 aliphatic heterocycles. The van der Waals surface area contributed by atoms with Crippen LogP contribution in [0.25, 0.3) is 11.3 Å². The number of hydrogen-bond donors (Lipinski definition) is 1. The number of nitrogens with two attached hydrogens (primary N) is 1. The molecule has 0 spiro atoms. The van der Waals surface area contributed by atoms with Crippen molar-refractivity contribution in [3.05, 3.63) is 44.0 Å². The number of benzene rings is 1. The third kappa shape index (κ3) is 2.31. The molecule has 0 radical (unpaired) electrons. The van der Waals surface area contributed by atoms with Gasteiger partial charge in [-0.1, -0.05) is 0 Å². The van der Waals surface area contributed by atoms with Crippen LogP contribution < -0.4 is 5.73 Å². The zero-order chi connectivity index (χ0) is 15.0. The highest BCUT2D eigenvalue weighted by Crippen LogP contribution is 2.36. The minimum atomic E-state index is -0.995. The molecule has 0 saturated carbocycles. The maximum atomic E-state index is 14.0. The first-order valence-corrected chi connectivity index (χ1v) is 6.04. The average Bonchev–Trinajstić information content (AvgIpc) is 2.33. The highest BCUT2D eigenvalue weighted by molar-refractivity contribution is 9.10. The third-order valence-corrected chi connectivity index (χ3v) is 3.15. The molecule has 1 heterocycles. The summed E-state index contributed by atoms with van der Waals surface area (Å²) in [6.07, 6.45) is 0. The molecular weight excluding hydrogens is 338 g/mol. The Bertz CT molecular complexity index is 724. The second-order valence-corrected chi connectivity index (χ2v) is 4.69. The lowest BCUT2D eigenvalue weighted by atomic mass is 10.1. The summed E-state index contributed by atoms with van der Waals surface area (Å²) in [6, 6.07) is 2.12. The van der Waals surface area contributed by atoms with E-state index in [9.17, 15) is 18.9 Å². The van der Waals surface area contributed by atoms with E-state index in [4.69, 9.17) is 5.73 Å². The van der Waals surface area contributed by atoms with Crippen LogP contribution in [0.15, 0.2) is 16.6 Å². The molecule has 0 fully saturated rings. The standard InChI is InChI=1S/C11H7BrF2N4O2/c1-4-10(18(19)20)9(17-11(15)16-4)7-6(13)3-2-5(12)8(7)14/h2-3H,1H3,(H2,15,16,17). The molecule has 0 aliphatic carbocycles. The number of aromatic nitrogens is 2. The third-order valence-electron chi connectivity index (χ3n) is 2.54. The Morgan fingerprint density at radius 1 is 1.35 bits per heavy atom. The van der Waals surface area contributed by atoms with Crippen molar-refractivity contribution < 1.29 is 13.7 Å². The molecule has 0 bridgehead atoms. The fourth-order valence-electron chi connectivity index (χ4n) is 1.73. The molecule has 0 aliphatic rings. The Labute approximate surface area is 119 Å². The molecule has 1 aromatic carbocycles. The van der Waals surface area contributed by atoms with Gasteiger partial charge in [0.1, 0.15) is 17.3 Å². The van der Waals surface area contributed by atoms with Gasteiger partial charge in [-0.25, -0.2) is 18.7 Å². The Balaban J connectivity index is 2.89. The van der Waals surface area contributed by atoms with Gasteiger partial charge in [-0.05, 0) is 35.0 Å². The molecule has 0 unspecified atom stereocenters. The van der Waals surface area contributed by atoms with Crippen molar-refractivity contribution in [1.82, 2.24) is 9.97 Å². The van der Waals surface area contributed by atoms with Crippen LogP contribution in [0.2, 0.25) is 0 Å². The van der Waals surface area contributed by atoms with Crippen molar-refractivity contribution in [2.24, 2.45) is 0 Å². The van der Waals surface area contributed by atoms with Crippen molar-refractivity contribution >= 4 is 27.6 Å². The van der Waals surface area contributed by atoms with Gasteiger partial charge in [-0.3, -0.25) is 10.1 Å². The summed E-state index contributed by atoms with van der Waals surface area (Å²) >= 11 is 2.89. The molecule has 20 heavy (non-hydrogen) atoms. The van der Waals surface area contributed by atoms with Gasteiger partial charge in [0.2, 0.25) is 5.95 Å². The molecular formula is C11H7BrF2N4O2. The number of nitro groups is 1. The fourth-order valence-corrected chi connectivity index (χ4v) is 2.06. The molecule has 2 rings (SSSR count). The SMILES string of the molecule is Cc1nc(N)nc(-c2c(F)ccc(Br)c2F)c1[N+](=O)[O-]. The van der Waals surface area contributed by atoms with Gasteiger partial charge in [-0.15, -0.1) is 0 Å². The number of rotatable bonds is 2. The van der Waals surface area contributed by atoms with Gasteiger partial charge in [0.05, 0.1) is 15.0 Å². The number of aryl methyl sites for hydroxylation is 1. The van der Waals surface area contributed by atoms with E-state index in [2.05, 4.69) is 25.9 Å². The summed E-state index contributed by atoms with van der Waals surface area (Å²) in [7, 11) is 0. The number of halogens is 3. The van der Waals surface area contributed by atoms with E-state index in [1.165, 1.54) is 6.92 Å². The van der Waals surface area contributed by atoms with Gasteiger partial charge in [0, 0.05) is 0 Å². The number of nitrogen functional groups attached to an aromatic ring is 1. The Morgan fingerprint density at radius 2 is 2.00 bits per heavy atom. The maximum Gasteiger partial charge on any atom is 0.316 e. The minimum Gasteiger partial charge on any atom is -0.368 e. The fraction of sp³-hybridized carbons (Fsp3) is 0.0909. The average molecular weight is 345 g/mol. The molecule has 0 atom stereocenters. The first-order chi connectivity index (χ1) is 9.32. The lowest BCUT2D eigenvalue weighted by Gasteiger charge is -2.08. The predicted molar refractivity (Wildman–Crippen MR) is 70.9 cm³/mol. The quantitative estimate of drug-likeness (QED) is 0.513. The normalized spacial score (nSPS) is 10.6. The van der Waals surface area contributed by atoms with Gasteiger partial charge < -0.3 is 5.73 Å². The lowest BCUT2D eigenvalue weighted by Crippen LogP contribution is -2.06. The summed E-state index contributed by atoms with van der Waals surface area (Å²) in [4.78, 5) is 17.5. The van der Waals surface area contributed by atoms with Crippen LogP contribution >= 0.6 is 15.9 Å². The zero-order valence-corrected chi connectivity index (χ0v) is 11.6. The minimum absolute atomic E-state index is 0.0435. The van der Waals surface area contributed by atoms with Crippen molar-refractivity contribution in [2.75, 3.05) is 5.73 Å². The number of hydrogen-bond acceptors (Lipinski definition) is 5. The predicted octanol–water partition coefficient (Wildman–Crippen LogP) is 2.98. The molecule has 104 valence electrons. The monoisotopic (exact) mass is 344 g/mol. The summed E-state index contributed by atoms with van der Waals surface area (Å²) in [5, 5.41) is 11.1. The largest absolute Gasteiger partial charge is 0.368 e. The first kappa shape index (κ1) is 14.3. The van der Waals surface area contributed by atoms with Crippen LogP contribution in [0.5, 0.6) is 0 Å². The summed E-state index contributed by atoms with van der Waals surface area (Å²) in [5.41, 5.74) is 3.63. The zero-order valence-electron chi connectivity index (χ0n) is 10.0. The van der Waals surface area contributed by atoms with E-state index >= 15 is 0 Å².